The lowest BCUT2D eigenvalue weighted by Gasteiger charge is -2.03. The molecule has 2 aromatic rings. The van der Waals surface area contributed by atoms with E-state index in [0.717, 1.165) is 11.1 Å². The van der Waals surface area contributed by atoms with Crippen LogP contribution < -0.4 is 0 Å². The third-order valence-electron chi connectivity index (χ3n) is 3.10. The van der Waals surface area contributed by atoms with Gasteiger partial charge in [-0.05, 0) is 18.6 Å². The Labute approximate surface area is 110 Å². The number of ether oxygens (including phenoxy) is 1. The zero-order valence-corrected chi connectivity index (χ0v) is 10.3. The Bertz CT molecular complexity index is 692. The summed E-state index contributed by atoms with van der Waals surface area (Å²) < 4.78 is 4.89. The summed E-state index contributed by atoms with van der Waals surface area (Å²) in [5.41, 5.74) is 2.97. The van der Waals surface area contributed by atoms with Crippen LogP contribution in [0, 0.1) is 0 Å². The van der Waals surface area contributed by atoms with Crippen molar-refractivity contribution in [1.82, 2.24) is 4.98 Å². The molecule has 94 valence electrons. The van der Waals surface area contributed by atoms with Crippen molar-refractivity contribution in [1.29, 1.82) is 0 Å². The Balaban J connectivity index is 2.10. The minimum absolute atomic E-state index is 0.0708. The van der Waals surface area contributed by atoms with Gasteiger partial charge >= 0.3 is 5.97 Å². The molecule has 0 atom stereocenters. The first-order valence-corrected chi connectivity index (χ1v) is 6.03. The van der Waals surface area contributed by atoms with Crippen molar-refractivity contribution in [2.45, 2.75) is 6.92 Å². The SMILES string of the molecule is CCOC(=O)c1cc2c(cn1)-c1ccccc1C2=O. The number of benzene rings is 1. The predicted octanol–water partition coefficient (Wildman–Crippen LogP) is 2.47. The molecule has 4 heteroatoms. The largest absolute Gasteiger partial charge is 0.461 e. The Hall–Kier alpha value is -2.49. The van der Waals surface area contributed by atoms with Crippen LogP contribution in [0.1, 0.15) is 33.3 Å². The van der Waals surface area contributed by atoms with Crippen molar-refractivity contribution in [3.63, 3.8) is 0 Å². The van der Waals surface area contributed by atoms with Crippen LogP contribution in [0.2, 0.25) is 0 Å². The van der Waals surface area contributed by atoms with E-state index >= 15 is 0 Å². The van der Waals surface area contributed by atoms with Crippen molar-refractivity contribution < 1.29 is 14.3 Å². The molecular weight excluding hydrogens is 242 g/mol. The molecule has 1 aliphatic rings. The van der Waals surface area contributed by atoms with E-state index in [0.29, 0.717) is 11.1 Å². The zero-order valence-electron chi connectivity index (χ0n) is 10.3. The second-order valence-electron chi connectivity index (χ2n) is 4.21. The number of hydrogen-bond donors (Lipinski definition) is 0. The van der Waals surface area contributed by atoms with Crippen LogP contribution in [0.3, 0.4) is 0 Å². The summed E-state index contributed by atoms with van der Waals surface area (Å²) in [5.74, 6) is -0.576. The van der Waals surface area contributed by atoms with Gasteiger partial charge in [0.1, 0.15) is 5.69 Å². The quantitative estimate of drug-likeness (QED) is 0.658. The minimum atomic E-state index is -0.506. The molecule has 19 heavy (non-hydrogen) atoms. The Morgan fingerprint density at radius 1 is 1.16 bits per heavy atom. The highest BCUT2D eigenvalue weighted by Crippen LogP contribution is 2.35. The molecule has 1 heterocycles. The highest BCUT2D eigenvalue weighted by Gasteiger charge is 2.27. The van der Waals surface area contributed by atoms with Gasteiger partial charge in [-0.3, -0.25) is 4.79 Å². The number of esters is 1. The molecule has 4 nitrogen and oxygen atoms in total. The topological polar surface area (TPSA) is 56.3 Å². The second kappa shape index (κ2) is 4.31. The molecule has 0 aliphatic heterocycles. The van der Waals surface area contributed by atoms with E-state index in [1.165, 1.54) is 6.07 Å². The van der Waals surface area contributed by atoms with Gasteiger partial charge in [0.2, 0.25) is 0 Å². The van der Waals surface area contributed by atoms with Crippen molar-refractivity contribution in [2.24, 2.45) is 0 Å². The molecule has 0 N–H and O–H groups in total. The maximum absolute atomic E-state index is 12.2. The van der Waals surface area contributed by atoms with Gasteiger partial charge in [0.05, 0.1) is 6.61 Å². The molecule has 1 aliphatic carbocycles. The lowest BCUT2D eigenvalue weighted by Crippen LogP contribution is -2.08. The summed E-state index contributed by atoms with van der Waals surface area (Å²) in [6.45, 7) is 2.01. The smallest absolute Gasteiger partial charge is 0.356 e. The fourth-order valence-corrected chi connectivity index (χ4v) is 2.24. The number of pyridine rings is 1. The van der Waals surface area contributed by atoms with E-state index < -0.39 is 5.97 Å². The van der Waals surface area contributed by atoms with Gasteiger partial charge in [-0.1, -0.05) is 24.3 Å². The van der Waals surface area contributed by atoms with Crippen LogP contribution in [0.4, 0.5) is 0 Å². The number of hydrogen-bond acceptors (Lipinski definition) is 4. The summed E-state index contributed by atoms with van der Waals surface area (Å²) in [5, 5.41) is 0. The number of fused-ring (bicyclic) bond motifs is 3. The number of nitrogens with zero attached hydrogens (tertiary/aromatic N) is 1. The van der Waals surface area contributed by atoms with Crippen LogP contribution >= 0.6 is 0 Å². The fraction of sp³-hybridized carbons (Fsp3) is 0.133. The Kier molecular flexibility index (Phi) is 2.63. The monoisotopic (exact) mass is 253 g/mol. The molecule has 0 spiro atoms. The molecule has 1 aromatic heterocycles. The van der Waals surface area contributed by atoms with Gasteiger partial charge in [0.15, 0.2) is 5.78 Å². The maximum atomic E-state index is 12.2. The van der Waals surface area contributed by atoms with E-state index in [-0.39, 0.29) is 18.1 Å². The number of carbonyl (C=O) groups excluding carboxylic acids is 2. The van der Waals surface area contributed by atoms with Crippen molar-refractivity contribution in [2.75, 3.05) is 6.61 Å². The van der Waals surface area contributed by atoms with E-state index in [2.05, 4.69) is 4.98 Å². The van der Waals surface area contributed by atoms with E-state index in [9.17, 15) is 9.59 Å². The molecule has 0 unspecified atom stereocenters. The molecule has 0 bridgehead atoms. The van der Waals surface area contributed by atoms with Crippen LogP contribution in [0.15, 0.2) is 36.5 Å². The highest BCUT2D eigenvalue weighted by atomic mass is 16.5. The molecular formula is C15H11NO3. The minimum Gasteiger partial charge on any atom is -0.461 e. The molecule has 0 radical (unpaired) electrons. The molecule has 0 amide bonds. The fourth-order valence-electron chi connectivity index (χ4n) is 2.24. The van der Waals surface area contributed by atoms with Gasteiger partial charge < -0.3 is 4.74 Å². The Morgan fingerprint density at radius 3 is 2.63 bits per heavy atom. The molecule has 1 aromatic carbocycles. The summed E-state index contributed by atoms with van der Waals surface area (Å²) in [4.78, 5) is 27.9. The second-order valence-corrected chi connectivity index (χ2v) is 4.21. The maximum Gasteiger partial charge on any atom is 0.356 e. The Morgan fingerprint density at radius 2 is 1.89 bits per heavy atom. The summed E-state index contributed by atoms with van der Waals surface area (Å²) in [6, 6.07) is 8.87. The zero-order chi connectivity index (χ0) is 13.4. The average Bonchev–Trinajstić information content (AvgIpc) is 2.73. The van der Waals surface area contributed by atoms with Gasteiger partial charge in [-0.15, -0.1) is 0 Å². The summed E-state index contributed by atoms with van der Waals surface area (Å²) in [6.07, 6.45) is 1.56. The third kappa shape index (κ3) is 1.73. The van der Waals surface area contributed by atoms with Crippen molar-refractivity contribution >= 4 is 11.8 Å². The number of carbonyl (C=O) groups is 2. The van der Waals surface area contributed by atoms with Crippen molar-refractivity contribution in [3.8, 4) is 11.1 Å². The first kappa shape index (κ1) is 11.6. The number of ketones is 1. The van der Waals surface area contributed by atoms with Crippen LogP contribution in [0.25, 0.3) is 11.1 Å². The van der Waals surface area contributed by atoms with Gasteiger partial charge in [0, 0.05) is 22.9 Å². The van der Waals surface area contributed by atoms with Crippen LogP contribution in [0.5, 0.6) is 0 Å². The normalized spacial score (nSPS) is 11.9. The first-order valence-electron chi connectivity index (χ1n) is 6.03. The lowest BCUT2D eigenvalue weighted by molar-refractivity contribution is 0.0519. The average molecular weight is 253 g/mol. The van der Waals surface area contributed by atoms with E-state index in [4.69, 9.17) is 4.74 Å². The summed E-state index contributed by atoms with van der Waals surface area (Å²) in [7, 11) is 0. The van der Waals surface area contributed by atoms with E-state index in [1.807, 2.05) is 18.2 Å². The predicted molar refractivity (Wildman–Crippen MR) is 69.1 cm³/mol. The molecule has 0 saturated heterocycles. The van der Waals surface area contributed by atoms with Crippen LogP contribution in [-0.2, 0) is 4.74 Å². The number of rotatable bonds is 2. The summed E-state index contributed by atoms with van der Waals surface area (Å²) >= 11 is 0. The molecule has 3 rings (SSSR count). The first-order chi connectivity index (χ1) is 9.22. The molecule has 0 saturated carbocycles. The molecule has 0 fully saturated rings. The number of aromatic nitrogens is 1. The lowest BCUT2D eigenvalue weighted by atomic mass is 10.1. The van der Waals surface area contributed by atoms with Crippen LogP contribution in [-0.4, -0.2) is 23.3 Å². The van der Waals surface area contributed by atoms with E-state index in [1.54, 1.807) is 19.2 Å². The van der Waals surface area contributed by atoms with Gasteiger partial charge in [0.25, 0.3) is 0 Å². The van der Waals surface area contributed by atoms with Gasteiger partial charge in [-0.25, -0.2) is 9.78 Å². The highest BCUT2D eigenvalue weighted by molar-refractivity contribution is 6.22. The standard InChI is InChI=1S/C15H11NO3/c1-2-19-15(18)13-7-11-12(8-16-13)9-5-3-4-6-10(9)14(11)17/h3-8H,2H2,1H3. The van der Waals surface area contributed by atoms with Gasteiger partial charge in [-0.2, -0.15) is 0 Å². The van der Waals surface area contributed by atoms with Crippen molar-refractivity contribution in [3.05, 3.63) is 53.3 Å². The third-order valence-corrected chi connectivity index (χ3v) is 3.10.